The highest BCUT2D eigenvalue weighted by molar-refractivity contribution is 9.10. The summed E-state index contributed by atoms with van der Waals surface area (Å²) in [5, 5.41) is 9.15. The highest BCUT2D eigenvalue weighted by Crippen LogP contribution is 2.27. The van der Waals surface area contributed by atoms with E-state index in [2.05, 4.69) is 21.0 Å². The van der Waals surface area contributed by atoms with Gasteiger partial charge in [0.1, 0.15) is 17.3 Å². The summed E-state index contributed by atoms with van der Waals surface area (Å²) in [6.45, 7) is 0.220. The van der Waals surface area contributed by atoms with Crippen LogP contribution in [0.3, 0.4) is 0 Å². The van der Waals surface area contributed by atoms with Gasteiger partial charge in [0.2, 0.25) is 10.0 Å². The third-order valence-electron chi connectivity index (χ3n) is 2.36. The molecule has 0 unspecified atom stereocenters. The Labute approximate surface area is 119 Å². The Morgan fingerprint density at radius 1 is 1.47 bits per heavy atom. The van der Waals surface area contributed by atoms with Gasteiger partial charge < -0.3 is 4.74 Å². The van der Waals surface area contributed by atoms with Crippen LogP contribution in [0.2, 0.25) is 0 Å². The van der Waals surface area contributed by atoms with E-state index >= 15 is 0 Å². The minimum Gasteiger partial charge on any atom is -0.487 e. The van der Waals surface area contributed by atoms with Gasteiger partial charge in [-0.05, 0) is 18.2 Å². The van der Waals surface area contributed by atoms with Crippen molar-refractivity contribution < 1.29 is 13.2 Å². The predicted octanol–water partition coefficient (Wildman–Crippen LogP) is 1.41. The molecule has 1 heterocycles. The van der Waals surface area contributed by atoms with Crippen molar-refractivity contribution in [3.05, 3.63) is 40.6 Å². The summed E-state index contributed by atoms with van der Waals surface area (Å²) >= 11 is 3.20. The second kappa shape index (κ2) is 5.32. The number of hydrogen-bond acceptors (Lipinski definition) is 4. The van der Waals surface area contributed by atoms with Gasteiger partial charge in [0.15, 0.2) is 0 Å². The van der Waals surface area contributed by atoms with E-state index in [1.54, 1.807) is 36.3 Å². The van der Waals surface area contributed by atoms with Gasteiger partial charge in [-0.1, -0.05) is 15.9 Å². The molecule has 19 heavy (non-hydrogen) atoms. The van der Waals surface area contributed by atoms with Crippen molar-refractivity contribution in [2.45, 2.75) is 11.5 Å². The van der Waals surface area contributed by atoms with E-state index in [0.29, 0.717) is 4.47 Å². The van der Waals surface area contributed by atoms with E-state index in [4.69, 9.17) is 9.88 Å². The third-order valence-corrected chi connectivity index (χ3v) is 3.79. The first-order valence-electron chi connectivity index (χ1n) is 5.29. The second-order valence-electron chi connectivity index (χ2n) is 3.95. The van der Waals surface area contributed by atoms with Gasteiger partial charge in [0, 0.05) is 23.3 Å². The van der Waals surface area contributed by atoms with Crippen LogP contribution in [0.15, 0.2) is 40.0 Å². The number of aromatic nitrogens is 2. The molecule has 2 aromatic rings. The van der Waals surface area contributed by atoms with Crippen LogP contribution >= 0.6 is 15.9 Å². The summed E-state index contributed by atoms with van der Waals surface area (Å²) < 4.78 is 30.7. The number of aryl methyl sites for hydroxylation is 1. The van der Waals surface area contributed by atoms with E-state index in [1.807, 2.05) is 0 Å². The molecule has 1 aromatic heterocycles. The molecule has 0 atom stereocenters. The first-order chi connectivity index (χ1) is 8.86. The molecule has 0 fully saturated rings. The van der Waals surface area contributed by atoms with Crippen LogP contribution in [0.25, 0.3) is 0 Å². The third kappa shape index (κ3) is 3.55. The number of halogens is 1. The normalized spacial score (nSPS) is 11.5. The number of rotatable bonds is 4. The second-order valence-corrected chi connectivity index (χ2v) is 6.39. The van der Waals surface area contributed by atoms with E-state index < -0.39 is 10.0 Å². The smallest absolute Gasteiger partial charge is 0.241 e. The Morgan fingerprint density at radius 2 is 2.21 bits per heavy atom. The number of nitrogens with zero attached hydrogens (tertiary/aromatic N) is 2. The molecule has 0 bridgehead atoms. The summed E-state index contributed by atoms with van der Waals surface area (Å²) in [7, 11) is -2.04. The maximum absolute atomic E-state index is 11.5. The van der Waals surface area contributed by atoms with Crippen molar-refractivity contribution >= 4 is 26.0 Å². The molecule has 0 aliphatic rings. The van der Waals surface area contributed by atoms with Crippen LogP contribution in [0.4, 0.5) is 0 Å². The maximum atomic E-state index is 11.5. The van der Waals surface area contributed by atoms with Crippen molar-refractivity contribution in [1.29, 1.82) is 0 Å². The number of hydrogen-bond donors (Lipinski definition) is 1. The molecule has 0 saturated carbocycles. The lowest BCUT2D eigenvalue weighted by atomic mass is 10.3. The molecule has 0 saturated heterocycles. The van der Waals surface area contributed by atoms with E-state index in [-0.39, 0.29) is 17.3 Å². The molecule has 2 N–H and O–H groups in total. The summed E-state index contributed by atoms with van der Waals surface area (Å²) in [4.78, 5) is -0.0502. The Kier molecular flexibility index (Phi) is 3.93. The van der Waals surface area contributed by atoms with Crippen molar-refractivity contribution in [1.82, 2.24) is 9.78 Å². The zero-order valence-electron chi connectivity index (χ0n) is 10.1. The van der Waals surface area contributed by atoms with Crippen LogP contribution in [0.1, 0.15) is 5.56 Å². The quantitative estimate of drug-likeness (QED) is 0.907. The zero-order chi connectivity index (χ0) is 14.0. The monoisotopic (exact) mass is 345 g/mol. The fourth-order valence-corrected chi connectivity index (χ4v) is 2.74. The number of primary sulfonamides is 1. The van der Waals surface area contributed by atoms with Gasteiger partial charge in [-0.3, -0.25) is 4.68 Å². The van der Waals surface area contributed by atoms with Crippen LogP contribution < -0.4 is 9.88 Å². The van der Waals surface area contributed by atoms with E-state index in [1.165, 1.54) is 6.07 Å². The lowest BCUT2D eigenvalue weighted by Crippen LogP contribution is -2.14. The summed E-state index contributed by atoms with van der Waals surface area (Å²) in [5.74, 6) is 0.217. The molecule has 102 valence electrons. The molecular formula is C11H12BrN3O3S. The number of nitrogens with two attached hydrogens (primary N) is 1. The maximum Gasteiger partial charge on any atom is 0.241 e. The lowest BCUT2D eigenvalue weighted by molar-refractivity contribution is 0.298. The minimum atomic E-state index is -3.83. The molecule has 0 aliphatic carbocycles. The van der Waals surface area contributed by atoms with Gasteiger partial charge in [0.25, 0.3) is 0 Å². The SMILES string of the molecule is Cn1cc(COc2ccc(Br)cc2S(N)(=O)=O)cn1. The predicted molar refractivity (Wildman–Crippen MR) is 73.1 cm³/mol. The zero-order valence-corrected chi connectivity index (χ0v) is 12.5. The Bertz CT molecular complexity index is 697. The topological polar surface area (TPSA) is 87.2 Å². The number of ether oxygens (including phenoxy) is 1. The van der Waals surface area contributed by atoms with Crippen LogP contribution in [-0.4, -0.2) is 18.2 Å². The van der Waals surface area contributed by atoms with Gasteiger partial charge in [-0.15, -0.1) is 0 Å². The Balaban J connectivity index is 2.25. The molecule has 0 aliphatic heterocycles. The van der Waals surface area contributed by atoms with Crippen LogP contribution in [-0.2, 0) is 23.7 Å². The van der Waals surface area contributed by atoms with E-state index in [0.717, 1.165) is 5.56 Å². The molecule has 2 rings (SSSR count). The molecule has 8 heteroatoms. The van der Waals surface area contributed by atoms with Gasteiger partial charge in [0.05, 0.1) is 6.20 Å². The molecule has 1 aromatic carbocycles. The fourth-order valence-electron chi connectivity index (χ4n) is 1.53. The minimum absolute atomic E-state index is 0.0502. The summed E-state index contributed by atoms with van der Waals surface area (Å²) in [5.41, 5.74) is 0.839. The standard InChI is InChI=1S/C11H12BrN3O3S/c1-15-6-8(5-14-15)7-18-10-3-2-9(12)4-11(10)19(13,16)17/h2-6H,7H2,1H3,(H2,13,16,17). The van der Waals surface area contributed by atoms with Crippen LogP contribution in [0.5, 0.6) is 5.75 Å². The average Bonchev–Trinajstić information content (AvgIpc) is 2.72. The largest absolute Gasteiger partial charge is 0.487 e. The summed E-state index contributed by atoms with van der Waals surface area (Å²) in [6.07, 6.45) is 3.44. The molecular weight excluding hydrogens is 334 g/mol. The van der Waals surface area contributed by atoms with Gasteiger partial charge in [-0.25, -0.2) is 13.6 Å². The van der Waals surface area contributed by atoms with Crippen molar-refractivity contribution in [3.63, 3.8) is 0 Å². The van der Waals surface area contributed by atoms with Gasteiger partial charge >= 0.3 is 0 Å². The highest BCUT2D eigenvalue weighted by atomic mass is 79.9. The fraction of sp³-hybridized carbons (Fsp3) is 0.182. The average molecular weight is 346 g/mol. The Morgan fingerprint density at radius 3 is 2.79 bits per heavy atom. The summed E-state index contributed by atoms with van der Waals surface area (Å²) in [6, 6.07) is 4.65. The van der Waals surface area contributed by atoms with Crippen molar-refractivity contribution in [2.24, 2.45) is 12.2 Å². The van der Waals surface area contributed by atoms with Crippen molar-refractivity contribution in [3.8, 4) is 5.75 Å². The van der Waals surface area contributed by atoms with E-state index in [9.17, 15) is 8.42 Å². The van der Waals surface area contributed by atoms with Crippen LogP contribution in [0, 0.1) is 0 Å². The number of benzene rings is 1. The highest BCUT2D eigenvalue weighted by Gasteiger charge is 2.16. The first-order valence-corrected chi connectivity index (χ1v) is 7.63. The lowest BCUT2D eigenvalue weighted by Gasteiger charge is -2.09. The Hall–Kier alpha value is -1.38. The number of sulfonamides is 1. The molecule has 0 radical (unpaired) electrons. The van der Waals surface area contributed by atoms with Crippen molar-refractivity contribution in [2.75, 3.05) is 0 Å². The molecule has 0 spiro atoms. The molecule has 6 nitrogen and oxygen atoms in total. The first kappa shape index (κ1) is 14.0. The molecule has 0 amide bonds. The van der Waals surface area contributed by atoms with Gasteiger partial charge in [-0.2, -0.15) is 5.10 Å².